The summed E-state index contributed by atoms with van der Waals surface area (Å²) in [6.07, 6.45) is 0. The number of nitrogens with two attached hydrogens (primary N) is 3. The second-order valence-corrected chi connectivity index (χ2v) is 2.86. The van der Waals surface area contributed by atoms with Crippen molar-refractivity contribution >= 4 is 28.9 Å². The Morgan fingerprint density at radius 1 is 1.29 bits per heavy atom. The monoisotopic (exact) mass is 316 g/mol. The summed E-state index contributed by atoms with van der Waals surface area (Å²) in [4.78, 5) is 10.5. The van der Waals surface area contributed by atoms with Crippen LogP contribution in [0.5, 0.6) is 0 Å². The van der Waals surface area contributed by atoms with Crippen molar-refractivity contribution in [2.75, 3.05) is 19.9 Å². The van der Waals surface area contributed by atoms with E-state index in [1.807, 2.05) is 0 Å². The third kappa shape index (κ3) is 5.83. The molecule has 0 aromatic carbocycles. The van der Waals surface area contributed by atoms with Gasteiger partial charge in [-0.3, -0.25) is 4.79 Å². The van der Waals surface area contributed by atoms with Crippen molar-refractivity contribution < 1.29 is 12.6 Å². The SMILES string of the molecule is NC(=O)/C(N)=C(\N)NCOCCOI. The van der Waals surface area contributed by atoms with Crippen LogP contribution in [0.25, 0.3) is 0 Å². The van der Waals surface area contributed by atoms with Crippen LogP contribution in [0.15, 0.2) is 11.5 Å². The number of halogens is 1. The smallest absolute Gasteiger partial charge is 0.268 e. The second-order valence-electron chi connectivity index (χ2n) is 2.23. The van der Waals surface area contributed by atoms with Gasteiger partial charge in [0.1, 0.15) is 41.3 Å². The molecule has 0 spiro atoms. The van der Waals surface area contributed by atoms with Crippen molar-refractivity contribution in [2.45, 2.75) is 0 Å². The number of rotatable bonds is 7. The molecule has 0 bridgehead atoms. The van der Waals surface area contributed by atoms with Gasteiger partial charge >= 0.3 is 0 Å². The fourth-order valence-electron chi connectivity index (χ4n) is 0.519. The molecule has 0 rings (SSSR count). The van der Waals surface area contributed by atoms with Crippen molar-refractivity contribution in [1.82, 2.24) is 5.32 Å². The molecule has 0 saturated heterocycles. The highest BCUT2D eigenvalue weighted by Gasteiger charge is 2.03. The zero-order chi connectivity index (χ0) is 11.0. The van der Waals surface area contributed by atoms with E-state index >= 15 is 0 Å². The number of hydrogen-bond donors (Lipinski definition) is 4. The van der Waals surface area contributed by atoms with Gasteiger partial charge in [-0.1, -0.05) is 0 Å². The average Bonchev–Trinajstić information content (AvgIpc) is 2.16. The molecule has 0 aliphatic carbocycles. The Morgan fingerprint density at radius 2 is 1.93 bits per heavy atom. The van der Waals surface area contributed by atoms with E-state index in [1.165, 1.54) is 0 Å². The molecule has 0 aliphatic heterocycles. The topological polar surface area (TPSA) is 126 Å². The Bertz CT molecular complexity index is 221. The first kappa shape index (κ1) is 13.3. The highest BCUT2D eigenvalue weighted by molar-refractivity contribution is 14.1. The number of carbonyl (C=O) groups is 1. The van der Waals surface area contributed by atoms with E-state index < -0.39 is 5.91 Å². The van der Waals surface area contributed by atoms with Gasteiger partial charge in [-0.15, -0.1) is 0 Å². The van der Waals surface area contributed by atoms with Crippen LogP contribution in [0.2, 0.25) is 0 Å². The molecule has 14 heavy (non-hydrogen) atoms. The van der Waals surface area contributed by atoms with Crippen LogP contribution in [0.1, 0.15) is 0 Å². The molecule has 7 N–H and O–H groups in total. The van der Waals surface area contributed by atoms with Gasteiger partial charge in [-0.05, 0) is 0 Å². The van der Waals surface area contributed by atoms with Gasteiger partial charge in [0.15, 0.2) is 0 Å². The molecule has 82 valence electrons. The first-order valence-electron chi connectivity index (χ1n) is 3.69. The summed E-state index contributed by atoms with van der Waals surface area (Å²) in [7, 11) is 0. The summed E-state index contributed by atoms with van der Waals surface area (Å²) in [5.74, 6) is -0.765. The van der Waals surface area contributed by atoms with E-state index in [0.717, 1.165) is 0 Å². The zero-order valence-corrected chi connectivity index (χ0v) is 9.61. The van der Waals surface area contributed by atoms with E-state index in [0.29, 0.717) is 13.2 Å². The molecule has 0 fully saturated rings. The molecule has 0 aliphatic rings. The molecular weight excluding hydrogens is 303 g/mol. The van der Waals surface area contributed by atoms with Crippen LogP contribution in [0, 0.1) is 0 Å². The van der Waals surface area contributed by atoms with E-state index in [4.69, 9.17) is 25.0 Å². The Labute approximate surface area is 95.6 Å². The summed E-state index contributed by atoms with van der Waals surface area (Å²) >= 11 is 1.76. The summed E-state index contributed by atoms with van der Waals surface area (Å²) in [6, 6.07) is 0. The molecule has 0 aromatic rings. The molecule has 1 amide bonds. The Morgan fingerprint density at radius 3 is 2.43 bits per heavy atom. The van der Waals surface area contributed by atoms with E-state index in [-0.39, 0.29) is 18.2 Å². The summed E-state index contributed by atoms with van der Waals surface area (Å²) < 4.78 is 9.72. The highest BCUT2D eigenvalue weighted by atomic mass is 127. The minimum Gasteiger partial charge on any atom is -0.391 e. The number of primary amides is 1. The van der Waals surface area contributed by atoms with Crippen molar-refractivity contribution in [3.63, 3.8) is 0 Å². The second kappa shape index (κ2) is 7.64. The molecule has 0 heterocycles. The zero-order valence-electron chi connectivity index (χ0n) is 7.46. The molecule has 0 unspecified atom stereocenters. The van der Waals surface area contributed by atoms with Gasteiger partial charge in [-0.25, -0.2) is 0 Å². The maximum Gasteiger partial charge on any atom is 0.268 e. The molecule has 0 atom stereocenters. The largest absolute Gasteiger partial charge is 0.391 e. The van der Waals surface area contributed by atoms with Crippen LogP contribution in [0.4, 0.5) is 0 Å². The standard InChI is InChI=1S/C6H13IN4O3/c7-14-2-1-13-3-11-5(9)4(8)6(10)12/h11H,1-3,8-9H2,(H2,10,12)/b5-4-. The molecule has 0 aromatic heterocycles. The van der Waals surface area contributed by atoms with Crippen LogP contribution in [-0.4, -0.2) is 25.9 Å². The third-order valence-electron chi connectivity index (χ3n) is 1.23. The molecule has 7 nitrogen and oxygen atoms in total. The van der Waals surface area contributed by atoms with Crippen molar-refractivity contribution in [2.24, 2.45) is 17.2 Å². The van der Waals surface area contributed by atoms with E-state index in [9.17, 15) is 4.79 Å². The summed E-state index contributed by atoms with van der Waals surface area (Å²) in [5.41, 5.74) is 15.3. The number of ether oxygens (including phenoxy) is 1. The lowest BCUT2D eigenvalue weighted by Gasteiger charge is -2.08. The normalized spacial score (nSPS) is 12.1. The van der Waals surface area contributed by atoms with Crippen LogP contribution in [0.3, 0.4) is 0 Å². The van der Waals surface area contributed by atoms with Crippen molar-refractivity contribution in [3.05, 3.63) is 11.5 Å². The summed E-state index contributed by atoms with van der Waals surface area (Å²) in [5, 5.41) is 2.57. The predicted octanol–water partition coefficient (Wildman–Crippen LogP) is -1.51. The summed E-state index contributed by atoms with van der Waals surface area (Å²) in [6.45, 7) is 1.02. The first-order valence-corrected chi connectivity index (χ1v) is 4.57. The minimum absolute atomic E-state index is 0.00731. The van der Waals surface area contributed by atoms with Gasteiger partial charge in [0, 0.05) is 0 Å². The Hall–Kier alpha value is -0.740. The number of hydrogen-bond acceptors (Lipinski definition) is 6. The quantitative estimate of drug-likeness (QED) is 0.196. The maximum atomic E-state index is 10.5. The van der Waals surface area contributed by atoms with Gasteiger partial charge in [0.2, 0.25) is 0 Å². The highest BCUT2D eigenvalue weighted by Crippen LogP contribution is 1.87. The Kier molecular flexibility index (Phi) is 7.24. The third-order valence-corrected chi connectivity index (χ3v) is 1.67. The molecular formula is C6H13IN4O3. The van der Waals surface area contributed by atoms with Crippen molar-refractivity contribution in [3.8, 4) is 0 Å². The molecule has 0 saturated carbocycles. The maximum absolute atomic E-state index is 10.5. The van der Waals surface area contributed by atoms with Gasteiger partial charge in [-0.2, -0.15) is 0 Å². The van der Waals surface area contributed by atoms with Crippen LogP contribution in [-0.2, 0) is 12.6 Å². The fraction of sp³-hybridized carbons (Fsp3) is 0.500. The predicted molar refractivity (Wildman–Crippen MR) is 58.5 cm³/mol. The molecule has 8 heteroatoms. The van der Waals surface area contributed by atoms with E-state index in [2.05, 4.69) is 5.32 Å². The number of amides is 1. The first-order chi connectivity index (χ1) is 6.59. The van der Waals surface area contributed by atoms with Crippen LogP contribution < -0.4 is 22.5 Å². The van der Waals surface area contributed by atoms with E-state index in [1.54, 1.807) is 23.0 Å². The van der Waals surface area contributed by atoms with Gasteiger partial charge in [0.25, 0.3) is 5.91 Å². The van der Waals surface area contributed by atoms with Crippen molar-refractivity contribution in [1.29, 1.82) is 0 Å². The lowest BCUT2D eigenvalue weighted by Crippen LogP contribution is -2.32. The Balaban J connectivity index is 3.68. The lowest BCUT2D eigenvalue weighted by molar-refractivity contribution is -0.114. The average molecular weight is 316 g/mol. The fourth-order valence-corrected chi connectivity index (χ4v) is 0.699. The molecule has 0 radical (unpaired) electrons. The number of nitrogens with one attached hydrogen (secondary N) is 1. The van der Waals surface area contributed by atoms with Gasteiger partial charge in [0.05, 0.1) is 13.2 Å². The van der Waals surface area contributed by atoms with Crippen LogP contribution >= 0.6 is 23.0 Å². The lowest BCUT2D eigenvalue weighted by atomic mass is 10.4. The van der Waals surface area contributed by atoms with Gasteiger partial charge < -0.3 is 30.3 Å². The number of carbonyl (C=O) groups excluding carboxylic acids is 1. The minimum atomic E-state index is -0.773.